The molecule has 0 rings (SSSR count). The zero-order chi connectivity index (χ0) is 19.0. The smallest absolute Gasteiger partial charge is 0.319 e. The average Bonchev–Trinajstić information content (AvgIpc) is 2.35. The maximum Gasteiger partial charge on any atom is 0.319 e. The second-order valence-corrected chi connectivity index (χ2v) is 6.40. The predicted octanol–water partition coefficient (Wildman–Crippen LogP) is -0.426. The first-order valence-corrected chi connectivity index (χ1v) is 7.86. The molecular formula is C13H19NO9S. The van der Waals surface area contributed by atoms with Gasteiger partial charge in [-0.1, -0.05) is 0 Å². The van der Waals surface area contributed by atoms with E-state index in [-0.39, 0.29) is 18.2 Å². The van der Waals surface area contributed by atoms with E-state index in [0.717, 1.165) is 0 Å². The van der Waals surface area contributed by atoms with Gasteiger partial charge in [0.05, 0.1) is 5.25 Å². The van der Waals surface area contributed by atoms with Crippen LogP contribution in [0.4, 0.5) is 0 Å². The van der Waals surface area contributed by atoms with Gasteiger partial charge >= 0.3 is 23.9 Å². The number of carbonyl (C=O) groups excluding carboxylic acids is 1. The molecule has 136 valence electrons. The first-order chi connectivity index (χ1) is 11.0. The monoisotopic (exact) mass is 365 g/mol. The molecule has 0 unspecified atom stereocenters. The summed E-state index contributed by atoms with van der Waals surface area (Å²) < 4.78 is 0. The Morgan fingerprint density at radius 2 is 1.21 bits per heavy atom. The lowest BCUT2D eigenvalue weighted by Gasteiger charge is -2.24. The van der Waals surface area contributed by atoms with Crippen LogP contribution < -0.4 is 5.32 Å². The van der Waals surface area contributed by atoms with Crippen molar-refractivity contribution in [1.82, 2.24) is 5.32 Å². The van der Waals surface area contributed by atoms with Gasteiger partial charge < -0.3 is 25.7 Å². The van der Waals surface area contributed by atoms with Gasteiger partial charge in [0.1, 0.15) is 0 Å². The lowest BCUT2D eigenvalue weighted by molar-refractivity contribution is -0.158. The molecule has 0 saturated heterocycles. The Hall–Kier alpha value is -2.30. The van der Waals surface area contributed by atoms with Crippen molar-refractivity contribution in [3.8, 4) is 0 Å². The summed E-state index contributed by atoms with van der Waals surface area (Å²) in [4.78, 5) is 56.0. The number of carboxylic acid groups (broad SMARTS) is 4. The molecule has 0 aromatic rings. The van der Waals surface area contributed by atoms with E-state index in [4.69, 9.17) is 20.4 Å². The fraction of sp³-hybridized carbons (Fsp3) is 0.615. The van der Waals surface area contributed by atoms with E-state index in [0.29, 0.717) is 11.8 Å². The maximum absolute atomic E-state index is 11.5. The Morgan fingerprint density at radius 1 is 0.833 bits per heavy atom. The van der Waals surface area contributed by atoms with Crippen LogP contribution in [-0.4, -0.2) is 67.3 Å². The normalized spacial score (nSPS) is 11.1. The number of hydrogen-bond donors (Lipinski definition) is 5. The highest BCUT2D eigenvalue weighted by Crippen LogP contribution is 2.29. The van der Waals surface area contributed by atoms with Crippen molar-refractivity contribution in [2.75, 3.05) is 5.75 Å². The highest BCUT2D eigenvalue weighted by molar-refractivity contribution is 8.00. The van der Waals surface area contributed by atoms with E-state index in [1.54, 1.807) is 13.8 Å². The Morgan fingerprint density at radius 3 is 1.50 bits per heavy atom. The van der Waals surface area contributed by atoms with Gasteiger partial charge in [0, 0.05) is 18.2 Å². The zero-order valence-electron chi connectivity index (χ0n) is 13.0. The van der Waals surface area contributed by atoms with E-state index >= 15 is 0 Å². The molecule has 0 bridgehead atoms. The molecule has 10 nitrogen and oxygen atoms in total. The second kappa shape index (κ2) is 9.75. The Kier molecular flexibility index (Phi) is 8.82. The fourth-order valence-corrected chi connectivity index (χ4v) is 3.27. The van der Waals surface area contributed by atoms with Crippen LogP contribution in [0, 0.1) is 11.8 Å². The topological polar surface area (TPSA) is 178 Å². The van der Waals surface area contributed by atoms with Crippen LogP contribution in [0.5, 0.6) is 0 Å². The van der Waals surface area contributed by atoms with Gasteiger partial charge in [-0.15, -0.1) is 0 Å². The second-order valence-electron chi connectivity index (χ2n) is 5.12. The molecule has 0 spiro atoms. The number of carboxylic acids is 4. The molecule has 0 aliphatic rings. The SMILES string of the molecule is CC(C)NC(=O)CCSC(C(C(=O)O)C(=O)O)C(C(=O)O)C(=O)O. The number of hydrogen-bond acceptors (Lipinski definition) is 6. The molecule has 0 fully saturated rings. The van der Waals surface area contributed by atoms with E-state index in [2.05, 4.69) is 5.32 Å². The van der Waals surface area contributed by atoms with Crippen molar-refractivity contribution in [2.45, 2.75) is 31.6 Å². The number of rotatable bonds is 11. The highest BCUT2D eigenvalue weighted by atomic mass is 32.2. The van der Waals surface area contributed by atoms with Crippen molar-refractivity contribution in [1.29, 1.82) is 0 Å². The van der Waals surface area contributed by atoms with Gasteiger partial charge in [-0.2, -0.15) is 11.8 Å². The lowest BCUT2D eigenvalue weighted by Crippen LogP contribution is -2.44. The first kappa shape index (κ1) is 21.7. The summed E-state index contributed by atoms with van der Waals surface area (Å²) in [5.74, 6) is -12.4. The predicted molar refractivity (Wildman–Crippen MR) is 81.7 cm³/mol. The molecule has 0 atom stereocenters. The molecule has 5 N–H and O–H groups in total. The summed E-state index contributed by atoms with van der Waals surface area (Å²) in [5, 5.41) is 36.8. The molecule has 0 aromatic heterocycles. The third-order valence-electron chi connectivity index (χ3n) is 2.81. The molecule has 0 heterocycles. The summed E-state index contributed by atoms with van der Waals surface area (Å²) in [5.41, 5.74) is 0. The molecule has 0 aliphatic heterocycles. The minimum atomic E-state index is -2.24. The molecule has 0 aliphatic carbocycles. The number of nitrogens with one attached hydrogen (secondary N) is 1. The van der Waals surface area contributed by atoms with Crippen molar-refractivity contribution in [2.24, 2.45) is 11.8 Å². The molecule has 0 aromatic carbocycles. The first-order valence-electron chi connectivity index (χ1n) is 6.81. The van der Waals surface area contributed by atoms with E-state index < -0.39 is 46.9 Å². The Bertz CT molecular complexity index is 460. The van der Waals surface area contributed by atoms with Gasteiger partial charge in [0.25, 0.3) is 0 Å². The third kappa shape index (κ3) is 6.86. The fourth-order valence-electron chi connectivity index (χ4n) is 1.84. The molecule has 24 heavy (non-hydrogen) atoms. The minimum absolute atomic E-state index is 0.128. The molecular weight excluding hydrogens is 346 g/mol. The van der Waals surface area contributed by atoms with Gasteiger partial charge in [0.15, 0.2) is 11.8 Å². The minimum Gasteiger partial charge on any atom is -0.481 e. The average molecular weight is 365 g/mol. The van der Waals surface area contributed by atoms with Crippen LogP contribution in [0.25, 0.3) is 0 Å². The highest BCUT2D eigenvalue weighted by Gasteiger charge is 2.46. The van der Waals surface area contributed by atoms with Crippen LogP contribution >= 0.6 is 11.8 Å². The summed E-state index contributed by atoms with van der Waals surface area (Å²) >= 11 is 0.522. The zero-order valence-corrected chi connectivity index (χ0v) is 13.8. The molecule has 0 saturated carbocycles. The van der Waals surface area contributed by atoms with Crippen molar-refractivity contribution < 1.29 is 44.4 Å². The van der Waals surface area contributed by atoms with Crippen molar-refractivity contribution >= 4 is 41.5 Å². The van der Waals surface area contributed by atoms with Crippen molar-refractivity contribution in [3.63, 3.8) is 0 Å². The van der Waals surface area contributed by atoms with Crippen LogP contribution in [-0.2, 0) is 24.0 Å². The Balaban J connectivity index is 5.29. The van der Waals surface area contributed by atoms with E-state index in [9.17, 15) is 24.0 Å². The summed E-state index contributed by atoms with van der Waals surface area (Å²) in [6, 6.07) is -0.144. The van der Waals surface area contributed by atoms with Gasteiger partial charge in [0.2, 0.25) is 5.91 Å². The standard InChI is InChI=1S/C13H19NO9S/c1-5(2)14-6(15)3-4-24-9(7(10(16)17)11(18)19)8(12(20)21)13(22)23/h5,7-9H,3-4H2,1-2H3,(H,14,15)(H,16,17)(H,18,19)(H,20,21)(H,22,23). The van der Waals surface area contributed by atoms with E-state index in [1.807, 2.05) is 0 Å². The van der Waals surface area contributed by atoms with Gasteiger partial charge in [-0.3, -0.25) is 24.0 Å². The number of aliphatic carboxylic acids is 4. The number of carbonyl (C=O) groups is 5. The Labute approximate surface area is 141 Å². The lowest BCUT2D eigenvalue weighted by atomic mass is 9.93. The summed E-state index contributed by atoms with van der Waals surface area (Å²) in [6.07, 6.45) is -0.142. The molecule has 0 radical (unpaired) electrons. The molecule has 1 amide bonds. The number of thioether (sulfide) groups is 1. The van der Waals surface area contributed by atoms with Crippen molar-refractivity contribution in [3.05, 3.63) is 0 Å². The summed E-state index contributed by atoms with van der Waals surface area (Å²) in [6.45, 7) is 3.42. The van der Waals surface area contributed by atoms with Crippen LogP contribution in [0.1, 0.15) is 20.3 Å². The largest absolute Gasteiger partial charge is 0.481 e. The maximum atomic E-state index is 11.5. The molecule has 11 heteroatoms. The van der Waals surface area contributed by atoms with Crippen LogP contribution in [0.15, 0.2) is 0 Å². The number of amides is 1. The van der Waals surface area contributed by atoms with Crippen LogP contribution in [0.3, 0.4) is 0 Å². The quantitative estimate of drug-likeness (QED) is 0.302. The van der Waals surface area contributed by atoms with Gasteiger partial charge in [-0.05, 0) is 13.8 Å². The summed E-state index contributed by atoms with van der Waals surface area (Å²) in [7, 11) is 0. The van der Waals surface area contributed by atoms with Gasteiger partial charge in [-0.25, -0.2) is 0 Å². The third-order valence-corrected chi connectivity index (χ3v) is 4.18. The van der Waals surface area contributed by atoms with E-state index in [1.165, 1.54) is 0 Å². The van der Waals surface area contributed by atoms with Crippen LogP contribution in [0.2, 0.25) is 0 Å².